The van der Waals surface area contributed by atoms with Crippen molar-refractivity contribution in [2.75, 3.05) is 0 Å². The van der Waals surface area contributed by atoms with Crippen LogP contribution in [-0.2, 0) is 9.53 Å². The van der Waals surface area contributed by atoms with Crippen LogP contribution in [0.4, 0.5) is 5.69 Å². The van der Waals surface area contributed by atoms with Gasteiger partial charge < -0.3 is 4.74 Å². The highest BCUT2D eigenvalue weighted by Crippen LogP contribution is 2.28. The Kier molecular flexibility index (Phi) is 3.27. The summed E-state index contributed by atoms with van der Waals surface area (Å²) in [5.74, 6) is -1.41. The van der Waals surface area contributed by atoms with E-state index in [9.17, 15) is 19.7 Å². The molecule has 0 spiro atoms. The van der Waals surface area contributed by atoms with Gasteiger partial charge in [-0.25, -0.2) is 9.59 Å². The van der Waals surface area contributed by atoms with Crippen LogP contribution in [0, 0.1) is 10.1 Å². The first kappa shape index (κ1) is 13.7. The first-order valence-corrected chi connectivity index (χ1v) is 6.38. The molecule has 6 heteroatoms. The van der Waals surface area contributed by atoms with E-state index in [-0.39, 0.29) is 11.3 Å². The standard InChI is InChI=1S/C16H9NO5/c18-15-13-4-2-1-3-12(13)14(16(19)22-15)9-10-5-7-11(8-6-10)17(20)21/h1-9H/b14-9-. The molecule has 6 nitrogen and oxygen atoms in total. The molecule has 108 valence electrons. The molecule has 1 aliphatic heterocycles. The zero-order valence-corrected chi connectivity index (χ0v) is 11.2. The third kappa shape index (κ3) is 2.37. The van der Waals surface area contributed by atoms with Crippen molar-refractivity contribution in [3.05, 3.63) is 75.3 Å². The van der Waals surface area contributed by atoms with Gasteiger partial charge in [-0.15, -0.1) is 0 Å². The van der Waals surface area contributed by atoms with Gasteiger partial charge in [-0.2, -0.15) is 0 Å². The second-order valence-corrected chi connectivity index (χ2v) is 4.63. The van der Waals surface area contributed by atoms with Crippen LogP contribution in [0.25, 0.3) is 11.6 Å². The monoisotopic (exact) mass is 295 g/mol. The number of fused-ring (bicyclic) bond motifs is 1. The third-order valence-corrected chi connectivity index (χ3v) is 3.26. The van der Waals surface area contributed by atoms with Crippen LogP contribution in [0.15, 0.2) is 48.5 Å². The van der Waals surface area contributed by atoms with Gasteiger partial charge in [0, 0.05) is 17.7 Å². The number of cyclic esters (lactones) is 2. The van der Waals surface area contributed by atoms with Crippen LogP contribution in [-0.4, -0.2) is 16.9 Å². The van der Waals surface area contributed by atoms with Crippen molar-refractivity contribution in [3.63, 3.8) is 0 Å². The van der Waals surface area contributed by atoms with Crippen LogP contribution in [0.5, 0.6) is 0 Å². The predicted molar refractivity (Wildman–Crippen MR) is 77.8 cm³/mol. The van der Waals surface area contributed by atoms with E-state index in [1.807, 2.05) is 0 Å². The highest BCUT2D eigenvalue weighted by Gasteiger charge is 2.29. The third-order valence-electron chi connectivity index (χ3n) is 3.26. The van der Waals surface area contributed by atoms with Gasteiger partial charge in [-0.1, -0.05) is 18.2 Å². The van der Waals surface area contributed by atoms with Crippen LogP contribution < -0.4 is 0 Å². The number of nitrogens with zero attached hydrogens (tertiary/aromatic N) is 1. The molecule has 1 aliphatic rings. The molecule has 0 unspecified atom stereocenters. The van der Waals surface area contributed by atoms with E-state index in [2.05, 4.69) is 0 Å². The molecule has 3 rings (SSSR count). The summed E-state index contributed by atoms with van der Waals surface area (Å²) in [5.41, 5.74) is 1.60. The average molecular weight is 295 g/mol. The molecule has 0 saturated carbocycles. The van der Waals surface area contributed by atoms with Gasteiger partial charge in [-0.05, 0) is 29.8 Å². The van der Waals surface area contributed by atoms with Crippen molar-refractivity contribution in [1.82, 2.24) is 0 Å². The quantitative estimate of drug-likeness (QED) is 0.279. The molecule has 0 saturated heterocycles. The summed E-state index contributed by atoms with van der Waals surface area (Å²) in [6.07, 6.45) is 1.54. The number of non-ortho nitro benzene ring substituents is 1. The molecule has 0 N–H and O–H groups in total. The zero-order chi connectivity index (χ0) is 15.7. The topological polar surface area (TPSA) is 86.5 Å². The molecule has 0 amide bonds. The van der Waals surface area contributed by atoms with Crippen molar-refractivity contribution in [2.45, 2.75) is 0 Å². The van der Waals surface area contributed by atoms with Crippen LogP contribution in [0.3, 0.4) is 0 Å². The molecule has 1 heterocycles. The number of benzene rings is 2. The Hall–Kier alpha value is -3.28. The number of carbonyl (C=O) groups is 2. The van der Waals surface area contributed by atoms with Crippen molar-refractivity contribution in [3.8, 4) is 0 Å². The van der Waals surface area contributed by atoms with Gasteiger partial charge in [0.1, 0.15) is 0 Å². The average Bonchev–Trinajstić information content (AvgIpc) is 2.52. The maximum absolute atomic E-state index is 11.9. The summed E-state index contributed by atoms with van der Waals surface area (Å²) in [6, 6.07) is 12.4. The van der Waals surface area contributed by atoms with Crippen molar-refractivity contribution >= 4 is 29.3 Å². The lowest BCUT2D eigenvalue weighted by atomic mass is 9.95. The first-order valence-electron chi connectivity index (χ1n) is 6.38. The summed E-state index contributed by atoms with van der Waals surface area (Å²) in [4.78, 5) is 33.7. The zero-order valence-electron chi connectivity index (χ0n) is 11.2. The summed E-state index contributed by atoms with van der Waals surface area (Å²) in [7, 11) is 0. The first-order chi connectivity index (χ1) is 10.6. The Morgan fingerprint density at radius 3 is 2.18 bits per heavy atom. The number of nitro groups is 1. The fraction of sp³-hybridized carbons (Fsp3) is 0. The minimum atomic E-state index is -0.734. The minimum Gasteiger partial charge on any atom is -0.386 e. The molecule has 0 aliphatic carbocycles. The summed E-state index contributed by atoms with van der Waals surface area (Å²) >= 11 is 0. The molecule has 0 atom stereocenters. The molecular formula is C16H9NO5. The lowest BCUT2D eigenvalue weighted by molar-refractivity contribution is -0.384. The highest BCUT2D eigenvalue weighted by atomic mass is 16.6. The van der Waals surface area contributed by atoms with Crippen LogP contribution in [0.1, 0.15) is 21.5 Å². The van der Waals surface area contributed by atoms with Gasteiger partial charge in [-0.3, -0.25) is 10.1 Å². The number of ether oxygens (including phenoxy) is 1. The van der Waals surface area contributed by atoms with Crippen molar-refractivity contribution in [1.29, 1.82) is 0 Å². The molecule has 22 heavy (non-hydrogen) atoms. The second-order valence-electron chi connectivity index (χ2n) is 4.63. The van der Waals surface area contributed by atoms with E-state index in [1.165, 1.54) is 30.3 Å². The second kappa shape index (κ2) is 5.25. The summed E-state index contributed by atoms with van der Waals surface area (Å²) in [5, 5.41) is 10.6. The Bertz CT molecular complexity index is 821. The fourth-order valence-corrected chi connectivity index (χ4v) is 2.20. The molecule has 2 aromatic rings. The van der Waals surface area contributed by atoms with E-state index < -0.39 is 16.9 Å². The number of carbonyl (C=O) groups excluding carboxylic acids is 2. The Morgan fingerprint density at radius 2 is 1.55 bits per heavy atom. The predicted octanol–water partition coefficient (Wildman–Crippen LogP) is 2.83. The maximum atomic E-state index is 11.9. The van der Waals surface area contributed by atoms with Gasteiger partial charge in [0.15, 0.2) is 0 Å². The van der Waals surface area contributed by atoms with Gasteiger partial charge >= 0.3 is 11.9 Å². The lowest BCUT2D eigenvalue weighted by Crippen LogP contribution is -2.21. The van der Waals surface area contributed by atoms with Crippen LogP contribution in [0.2, 0.25) is 0 Å². The minimum absolute atomic E-state index is 0.0380. The van der Waals surface area contributed by atoms with Gasteiger partial charge in [0.2, 0.25) is 0 Å². The Morgan fingerprint density at radius 1 is 0.909 bits per heavy atom. The highest BCUT2D eigenvalue weighted by molar-refractivity contribution is 6.29. The molecule has 0 bridgehead atoms. The van der Waals surface area contributed by atoms with E-state index in [0.717, 1.165) is 0 Å². The van der Waals surface area contributed by atoms with E-state index in [4.69, 9.17) is 4.74 Å². The Labute approximate surface area is 124 Å². The van der Waals surface area contributed by atoms with Crippen molar-refractivity contribution in [2.24, 2.45) is 0 Å². The lowest BCUT2D eigenvalue weighted by Gasteiger charge is -2.16. The van der Waals surface area contributed by atoms with Crippen molar-refractivity contribution < 1.29 is 19.2 Å². The van der Waals surface area contributed by atoms with Gasteiger partial charge in [0.25, 0.3) is 5.69 Å². The number of hydrogen-bond acceptors (Lipinski definition) is 5. The molecule has 0 radical (unpaired) electrons. The number of hydrogen-bond donors (Lipinski definition) is 0. The molecule has 0 aromatic heterocycles. The summed E-state index contributed by atoms with van der Waals surface area (Å²) < 4.78 is 4.71. The smallest absolute Gasteiger partial charge is 0.346 e. The normalized spacial score (nSPS) is 15.4. The Balaban J connectivity index is 2.06. The van der Waals surface area contributed by atoms with E-state index >= 15 is 0 Å². The molecule has 0 fully saturated rings. The number of rotatable bonds is 2. The fourth-order valence-electron chi connectivity index (χ4n) is 2.20. The van der Waals surface area contributed by atoms with E-state index in [0.29, 0.717) is 16.7 Å². The molecular weight excluding hydrogens is 286 g/mol. The number of esters is 2. The van der Waals surface area contributed by atoms with Gasteiger partial charge in [0.05, 0.1) is 16.1 Å². The largest absolute Gasteiger partial charge is 0.386 e. The summed E-state index contributed by atoms with van der Waals surface area (Å²) in [6.45, 7) is 0. The SMILES string of the molecule is O=C1OC(=O)c2ccccc2/C1=C/c1ccc([N+](=O)[O-])cc1. The number of nitro benzene ring substituents is 1. The maximum Gasteiger partial charge on any atom is 0.346 e. The molecule has 2 aromatic carbocycles. The van der Waals surface area contributed by atoms with Crippen LogP contribution >= 0.6 is 0 Å². The van der Waals surface area contributed by atoms with E-state index in [1.54, 1.807) is 24.3 Å².